The predicted octanol–water partition coefficient (Wildman–Crippen LogP) is 10.6. The number of allylic oxidation sites excluding steroid dienone is 1. The van der Waals surface area contributed by atoms with Gasteiger partial charge in [-0.1, -0.05) is 24.3 Å². The zero-order chi connectivity index (χ0) is 31.6. The molecule has 2 nitrogen and oxygen atoms in total. The van der Waals surface area contributed by atoms with Gasteiger partial charge in [0.25, 0.3) is 0 Å². The van der Waals surface area contributed by atoms with Gasteiger partial charge in [0, 0.05) is 29.5 Å². The smallest absolute Gasteiger partial charge is 0.429 e. The Morgan fingerprint density at radius 2 is 1.41 bits per heavy atom. The molecule has 0 amide bonds. The SMILES string of the molecule is C=CCCC1CCC(c2ccc(-c3ccc(-c4cc(F)c(C(F)(F)Oc5cc(F)c(F)c(F)c5)c(F)c4)c(F)c3)nc2)CC1. The van der Waals surface area contributed by atoms with Crippen molar-refractivity contribution >= 4 is 0 Å². The van der Waals surface area contributed by atoms with Gasteiger partial charge in [-0.2, -0.15) is 8.78 Å². The summed E-state index contributed by atoms with van der Waals surface area (Å²) in [6.07, 6.45) is 5.57. The van der Waals surface area contributed by atoms with Gasteiger partial charge in [-0.3, -0.25) is 4.98 Å². The Kier molecular flexibility index (Phi) is 9.08. The van der Waals surface area contributed by atoms with Crippen LogP contribution < -0.4 is 4.74 Å². The van der Waals surface area contributed by atoms with Crippen molar-refractivity contribution in [3.63, 3.8) is 0 Å². The van der Waals surface area contributed by atoms with Gasteiger partial charge < -0.3 is 4.74 Å². The number of hydrogen-bond acceptors (Lipinski definition) is 2. The van der Waals surface area contributed by atoms with E-state index in [2.05, 4.69) is 16.3 Å². The number of aromatic nitrogens is 1. The molecular formula is C34H27F8NO. The zero-order valence-electron chi connectivity index (χ0n) is 23.3. The Morgan fingerprint density at radius 1 is 0.773 bits per heavy atom. The third-order valence-corrected chi connectivity index (χ3v) is 8.00. The fraction of sp³-hybridized carbons (Fsp3) is 0.265. The number of benzene rings is 3. The molecule has 4 aromatic rings. The van der Waals surface area contributed by atoms with Crippen molar-refractivity contribution in [2.75, 3.05) is 0 Å². The summed E-state index contributed by atoms with van der Waals surface area (Å²) in [6, 6.07) is 8.78. The van der Waals surface area contributed by atoms with Crippen molar-refractivity contribution in [3.05, 3.63) is 119 Å². The molecule has 0 aliphatic heterocycles. The molecule has 1 heterocycles. The van der Waals surface area contributed by atoms with Crippen LogP contribution in [0.5, 0.6) is 5.75 Å². The molecule has 0 spiro atoms. The first-order chi connectivity index (χ1) is 21.0. The number of alkyl halides is 2. The van der Waals surface area contributed by atoms with Crippen LogP contribution in [0.2, 0.25) is 0 Å². The summed E-state index contributed by atoms with van der Waals surface area (Å²) in [5, 5.41) is 0. The first kappa shape index (κ1) is 31.2. The van der Waals surface area contributed by atoms with Crippen LogP contribution in [0.25, 0.3) is 22.4 Å². The molecule has 0 N–H and O–H groups in total. The number of ether oxygens (including phenoxy) is 1. The molecule has 1 fully saturated rings. The third kappa shape index (κ3) is 6.64. The summed E-state index contributed by atoms with van der Waals surface area (Å²) in [6.45, 7) is 3.79. The van der Waals surface area contributed by atoms with Crippen molar-refractivity contribution in [2.45, 2.75) is 50.6 Å². The Bertz CT molecular complexity index is 1620. The maximum atomic E-state index is 15.2. The number of pyridine rings is 1. The summed E-state index contributed by atoms with van der Waals surface area (Å²) in [4.78, 5) is 4.49. The Morgan fingerprint density at radius 3 is 1.98 bits per heavy atom. The second-order valence-corrected chi connectivity index (χ2v) is 10.9. The van der Waals surface area contributed by atoms with Gasteiger partial charge in [-0.05, 0) is 85.8 Å². The maximum absolute atomic E-state index is 15.2. The topological polar surface area (TPSA) is 22.1 Å². The van der Waals surface area contributed by atoms with Gasteiger partial charge in [-0.15, -0.1) is 6.58 Å². The normalized spacial score (nSPS) is 17.0. The summed E-state index contributed by atoms with van der Waals surface area (Å²) < 4.78 is 118. The lowest BCUT2D eigenvalue weighted by Gasteiger charge is -2.28. The minimum atomic E-state index is -4.76. The quantitative estimate of drug-likeness (QED) is 0.106. The highest BCUT2D eigenvalue weighted by atomic mass is 19.3. The van der Waals surface area contributed by atoms with E-state index in [0.717, 1.165) is 50.2 Å². The van der Waals surface area contributed by atoms with E-state index >= 15 is 4.39 Å². The number of nitrogens with zero attached hydrogens (tertiary/aromatic N) is 1. The molecule has 5 rings (SSSR count). The standard InChI is InChI=1S/C34H27F8NO/c1-2-3-4-19-5-7-20(8-6-19)22-10-12-31(43-18-22)21-9-11-25(26(35)13-21)23-14-27(36)32(28(37)15-23)34(41,42)44-24-16-29(38)33(40)30(39)17-24/h2,9-20H,1,3-8H2. The van der Waals surface area contributed by atoms with Gasteiger partial charge in [0.05, 0.1) is 5.69 Å². The third-order valence-electron chi connectivity index (χ3n) is 8.00. The molecule has 10 heteroatoms. The fourth-order valence-corrected chi connectivity index (χ4v) is 5.66. The summed E-state index contributed by atoms with van der Waals surface area (Å²) in [5.74, 6) is -10.2. The molecule has 1 aromatic heterocycles. The van der Waals surface area contributed by atoms with Crippen molar-refractivity contribution in [3.8, 4) is 28.1 Å². The molecular weight excluding hydrogens is 590 g/mol. The summed E-state index contributed by atoms with van der Waals surface area (Å²) in [7, 11) is 0. The Hall–Kier alpha value is -4.21. The minimum absolute atomic E-state index is 0.104. The fourth-order valence-electron chi connectivity index (χ4n) is 5.66. The first-order valence-corrected chi connectivity index (χ1v) is 14.0. The van der Waals surface area contributed by atoms with E-state index in [4.69, 9.17) is 0 Å². The molecule has 0 bridgehead atoms. The Balaban J connectivity index is 1.32. The molecule has 1 saturated carbocycles. The highest BCUT2D eigenvalue weighted by molar-refractivity contribution is 5.70. The second-order valence-electron chi connectivity index (χ2n) is 10.9. The van der Waals surface area contributed by atoms with Crippen LogP contribution in [-0.2, 0) is 6.11 Å². The molecule has 0 saturated heterocycles. The van der Waals surface area contributed by atoms with E-state index in [1.165, 1.54) is 12.1 Å². The van der Waals surface area contributed by atoms with Crippen molar-refractivity contribution in [1.29, 1.82) is 0 Å². The zero-order valence-corrected chi connectivity index (χ0v) is 23.3. The molecule has 1 aliphatic carbocycles. The van der Waals surface area contributed by atoms with E-state index < -0.39 is 52.3 Å². The van der Waals surface area contributed by atoms with Gasteiger partial charge >= 0.3 is 6.11 Å². The van der Waals surface area contributed by atoms with E-state index in [-0.39, 0.29) is 23.3 Å². The number of halogens is 8. The highest BCUT2D eigenvalue weighted by Crippen LogP contribution is 2.40. The largest absolute Gasteiger partial charge is 0.432 e. The van der Waals surface area contributed by atoms with Crippen LogP contribution in [0.1, 0.15) is 55.6 Å². The van der Waals surface area contributed by atoms with Crippen LogP contribution in [0, 0.1) is 40.8 Å². The molecule has 230 valence electrons. The lowest BCUT2D eigenvalue weighted by atomic mass is 9.77. The van der Waals surface area contributed by atoms with E-state index in [1.54, 1.807) is 12.3 Å². The molecule has 0 radical (unpaired) electrons. The highest BCUT2D eigenvalue weighted by Gasteiger charge is 2.41. The summed E-state index contributed by atoms with van der Waals surface area (Å²) in [5.41, 5.74) is -0.531. The van der Waals surface area contributed by atoms with Crippen molar-refractivity contribution < 1.29 is 39.9 Å². The van der Waals surface area contributed by atoms with Gasteiger partial charge in [0.1, 0.15) is 28.8 Å². The average Bonchev–Trinajstić information content (AvgIpc) is 2.98. The second kappa shape index (κ2) is 12.8. The number of rotatable bonds is 9. The lowest BCUT2D eigenvalue weighted by molar-refractivity contribution is -0.189. The van der Waals surface area contributed by atoms with Crippen LogP contribution in [0.3, 0.4) is 0 Å². The van der Waals surface area contributed by atoms with Crippen LogP contribution in [-0.4, -0.2) is 4.98 Å². The van der Waals surface area contributed by atoms with Gasteiger partial charge in [-0.25, -0.2) is 26.3 Å². The predicted molar refractivity (Wildman–Crippen MR) is 150 cm³/mol. The van der Waals surface area contributed by atoms with Crippen LogP contribution in [0.4, 0.5) is 35.1 Å². The monoisotopic (exact) mass is 617 g/mol. The Labute approximate surface area is 249 Å². The van der Waals surface area contributed by atoms with Crippen LogP contribution in [0.15, 0.2) is 73.4 Å². The minimum Gasteiger partial charge on any atom is -0.429 e. The first-order valence-electron chi connectivity index (χ1n) is 14.0. The lowest BCUT2D eigenvalue weighted by Crippen LogP contribution is -2.25. The molecule has 0 atom stereocenters. The van der Waals surface area contributed by atoms with E-state index in [9.17, 15) is 30.7 Å². The molecule has 0 unspecified atom stereocenters. The van der Waals surface area contributed by atoms with Crippen molar-refractivity contribution in [1.82, 2.24) is 4.98 Å². The van der Waals surface area contributed by atoms with E-state index in [0.29, 0.717) is 35.2 Å². The molecule has 1 aliphatic rings. The average molecular weight is 618 g/mol. The van der Waals surface area contributed by atoms with Gasteiger partial charge in [0.15, 0.2) is 17.5 Å². The molecule has 44 heavy (non-hydrogen) atoms. The van der Waals surface area contributed by atoms with Crippen LogP contribution >= 0.6 is 0 Å². The maximum Gasteiger partial charge on any atom is 0.432 e. The summed E-state index contributed by atoms with van der Waals surface area (Å²) >= 11 is 0. The number of hydrogen-bond donors (Lipinski definition) is 0. The van der Waals surface area contributed by atoms with Gasteiger partial charge in [0.2, 0.25) is 0 Å². The molecule has 3 aromatic carbocycles. The van der Waals surface area contributed by atoms with Crippen molar-refractivity contribution in [2.24, 2.45) is 5.92 Å². The van der Waals surface area contributed by atoms with E-state index in [1.807, 2.05) is 12.1 Å².